The minimum atomic E-state index is -4.42. The Morgan fingerprint density at radius 1 is 1.58 bits per heavy atom. The van der Waals surface area contributed by atoms with Gasteiger partial charge in [-0.3, -0.25) is 9.35 Å². The standard InChI is InChI=1S/C5H11NO5S/c1-2-3-4(5(7)8)6-12(9,10)11/h4,6H,2-3H2,1H3,(H,7,8)(H,9,10,11). The lowest BCUT2D eigenvalue weighted by molar-refractivity contribution is -0.139. The van der Waals surface area contributed by atoms with Gasteiger partial charge in [0.2, 0.25) is 0 Å². The molecule has 0 aliphatic rings. The molecule has 0 heterocycles. The van der Waals surface area contributed by atoms with E-state index in [0.717, 1.165) is 0 Å². The molecule has 0 aliphatic carbocycles. The zero-order valence-electron chi connectivity index (χ0n) is 6.52. The fraction of sp³-hybridized carbons (Fsp3) is 0.800. The van der Waals surface area contributed by atoms with Crippen molar-refractivity contribution in [3.05, 3.63) is 0 Å². The second-order valence-electron chi connectivity index (χ2n) is 2.27. The Hall–Kier alpha value is -0.660. The molecule has 0 rings (SSSR count). The number of hydrogen-bond acceptors (Lipinski definition) is 3. The number of carboxylic acids is 1. The van der Waals surface area contributed by atoms with Crippen LogP contribution in [0.1, 0.15) is 19.8 Å². The molecule has 3 N–H and O–H groups in total. The number of rotatable bonds is 5. The van der Waals surface area contributed by atoms with Gasteiger partial charge in [0, 0.05) is 0 Å². The van der Waals surface area contributed by atoms with Crippen LogP contribution in [0, 0.1) is 0 Å². The van der Waals surface area contributed by atoms with Crippen LogP contribution in [0.3, 0.4) is 0 Å². The summed E-state index contributed by atoms with van der Waals surface area (Å²) in [5.41, 5.74) is 0. The third kappa shape index (κ3) is 5.05. The highest BCUT2D eigenvalue weighted by molar-refractivity contribution is 7.83. The summed E-state index contributed by atoms with van der Waals surface area (Å²) in [4.78, 5) is 10.3. The topological polar surface area (TPSA) is 104 Å². The molecule has 0 spiro atoms. The summed E-state index contributed by atoms with van der Waals surface area (Å²) >= 11 is 0. The first-order valence-corrected chi connectivity index (χ1v) is 4.78. The van der Waals surface area contributed by atoms with Gasteiger partial charge in [-0.15, -0.1) is 0 Å². The molecule has 0 aromatic heterocycles. The van der Waals surface area contributed by atoms with E-state index in [-0.39, 0.29) is 6.42 Å². The molecule has 7 heteroatoms. The summed E-state index contributed by atoms with van der Waals surface area (Å²) in [6, 6.07) is -1.25. The fourth-order valence-electron chi connectivity index (χ4n) is 0.701. The minimum Gasteiger partial charge on any atom is -0.480 e. The largest absolute Gasteiger partial charge is 0.480 e. The van der Waals surface area contributed by atoms with Gasteiger partial charge >= 0.3 is 16.3 Å². The van der Waals surface area contributed by atoms with Crippen LogP contribution in [0.4, 0.5) is 0 Å². The Balaban J connectivity index is 4.24. The summed E-state index contributed by atoms with van der Waals surface area (Å²) in [6.45, 7) is 1.71. The zero-order valence-corrected chi connectivity index (χ0v) is 7.34. The molecule has 0 bridgehead atoms. The van der Waals surface area contributed by atoms with E-state index in [0.29, 0.717) is 6.42 Å². The lowest BCUT2D eigenvalue weighted by Crippen LogP contribution is -2.40. The zero-order chi connectivity index (χ0) is 9.78. The highest BCUT2D eigenvalue weighted by Crippen LogP contribution is 1.97. The normalized spacial score (nSPS) is 14.2. The molecule has 0 aliphatic heterocycles. The van der Waals surface area contributed by atoms with Crippen LogP contribution < -0.4 is 4.72 Å². The van der Waals surface area contributed by atoms with Gasteiger partial charge < -0.3 is 5.11 Å². The minimum absolute atomic E-state index is 0.148. The van der Waals surface area contributed by atoms with Gasteiger partial charge in [-0.1, -0.05) is 13.3 Å². The van der Waals surface area contributed by atoms with Crippen LogP contribution in [0.2, 0.25) is 0 Å². The molecule has 0 aromatic rings. The highest BCUT2D eigenvalue weighted by atomic mass is 32.2. The Bertz CT molecular complexity index is 247. The molecule has 12 heavy (non-hydrogen) atoms. The Labute approximate surface area is 70.5 Å². The van der Waals surface area contributed by atoms with Gasteiger partial charge in [0.1, 0.15) is 6.04 Å². The van der Waals surface area contributed by atoms with Gasteiger partial charge in [-0.05, 0) is 6.42 Å². The van der Waals surface area contributed by atoms with Crippen molar-refractivity contribution in [3.63, 3.8) is 0 Å². The lowest BCUT2D eigenvalue weighted by atomic mass is 10.2. The summed E-state index contributed by atoms with van der Waals surface area (Å²) in [5, 5.41) is 8.43. The van der Waals surface area contributed by atoms with Crippen LogP contribution >= 0.6 is 0 Å². The first-order valence-electron chi connectivity index (χ1n) is 3.34. The first-order chi connectivity index (χ1) is 5.37. The van der Waals surface area contributed by atoms with E-state index in [1.807, 2.05) is 0 Å². The predicted molar refractivity (Wildman–Crippen MR) is 41.0 cm³/mol. The van der Waals surface area contributed by atoms with Gasteiger partial charge in [0.05, 0.1) is 0 Å². The Kier molecular flexibility index (Phi) is 4.15. The van der Waals surface area contributed by atoms with Crippen LogP contribution in [-0.4, -0.2) is 30.1 Å². The van der Waals surface area contributed by atoms with Crippen molar-refractivity contribution in [2.45, 2.75) is 25.8 Å². The first kappa shape index (κ1) is 11.3. The smallest absolute Gasteiger partial charge is 0.334 e. The molecule has 0 fully saturated rings. The monoisotopic (exact) mass is 197 g/mol. The van der Waals surface area contributed by atoms with E-state index in [2.05, 4.69) is 0 Å². The molecule has 0 saturated carbocycles. The van der Waals surface area contributed by atoms with Gasteiger partial charge in [-0.2, -0.15) is 13.1 Å². The van der Waals surface area contributed by atoms with Gasteiger partial charge in [-0.25, -0.2) is 0 Å². The van der Waals surface area contributed by atoms with E-state index < -0.39 is 22.3 Å². The van der Waals surface area contributed by atoms with E-state index >= 15 is 0 Å². The van der Waals surface area contributed by atoms with Crippen molar-refractivity contribution in [2.24, 2.45) is 0 Å². The second kappa shape index (κ2) is 4.39. The molecule has 0 saturated heterocycles. The SMILES string of the molecule is CCCC(NS(=O)(=O)O)C(=O)O. The molecule has 1 unspecified atom stereocenters. The molecule has 1 atom stereocenters. The maximum atomic E-state index is 10.3. The third-order valence-electron chi connectivity index (χ3n) is 1.17. The number of nitrogens with one attached hydrogen (secondary N) is 1. The van der Waals surface area contributed by atoms with Crippen molar-refractivity contribution in [3.8, 4) is 0 Å². The number of hydrogen-bond donors (Lipinski definition) is 3. The van der Waals surface area contributed by atoms with Crippen molar-refractivity contribution in [1.29, 1.82) is 0 Å². The Morgan fingerprint density at radius 2 is 2.08 bits per heavy atom. The molecular formula is C5H11NO5S. The molecule has 0 amide bonds. The average Bonchev–Trinajstić information content (AvgIpc) is 1.83. The van der Waals surface area contributed by atoms with Crippen molar-refractivity contribution in [2.75, 3.05) is 0 Å². The third-order valence-corrected chi connectivity index (χ3v) is 1.75. The van der Waals surface area contributed by atoms with Crippen molar-refractivity contribution >= 4 is 16.3 Å². The fourth-order valence-corrected chi connectivity index (χ4v) is 1.28. The molecule has 72 valence electrons. The van der Waals surface area contributed by atoms with Gasteiger partial charge in [0.15, 0.2) is 0 Å². The second-order valence-corrected chi connectivity index (χ2v) is 3.46. The number of aliphatic carboxylic acids is 1. The van der Waals surface area contributed by atoms with Crippen LogP contribution in [0.15, 0.2) is 0 Å². The van der Waals surface area contributed by atoms with Crippen LogP contribution in [0.25, 0.3) is 0 Å². The summed E-state index contributed by atoms with van der Waals surface area (Å²) in [7, 11) is -4.42. The maximum absolute atomic E-state index is 10.3. The maximum Gasteiger partial charge on any atom is 0.334 e. The van der Waals surface area contributed by atoms with Crippen LogP contribution in [-0.2, 0) is 15.1 Å². The summed E-state index contributed by atoms with van der Waals surface area (Å²) < 4.78 is 30.3. The Morgan fingerprint density at radius 3 is 2.33 bits per heavy atom. The highest BCUT2D eigenvalue weighted by Gasteiger charge is 2.20. The lowest BCUT2D eigenvalue weighted by Gasteiger charge is -2.09. The molecule has 0 aromatic carbocycles. The van der Waals surface area contributed by atoms with E-state index in [9.17, 15) is 13.2 Å². The number of carboxylic acid groups (broad SMARTS) is 1. The van der Waals surface area contributed by atoms with Crippen molar-refractivity contribution < 1.29 is 22.9 Å². The van der Waals surface area contributed by atoms with E-state index in [1.54, 1.807) is 11.6 Å². The summed E-state index contributed by atoms with van der Waals surface area (Å²) in [5.74, 6) is -1.30. The van der Waals surface area contributed by atoms with E-state index in [1.165, 1.54) is 0 Å². The molecule has 0 radical (unpaired) electrons. The predicted octanol–water partition coefficient (Wildman–Crippen LogP) is -0.368. The quantitative estimate of drug-likeness (QED) is 0.522. The van der Waals surface area contributed by atoms with Crippen molar-refractivity contribution in [1.82, 2.24) is 4.72 Å². The molecular weight excluding hydrogens is 186 g/mol. The number of carbonyl (C=O) groups is 1. The average molecular weight is 197 g/mol. The van der Waals surface area contributed by atoms with Crippen LogP contribution in [0.5, 0.6) is 0 Å². The van der Waals surface area contributed by atoms with E-state index in [4.69, 9.17) is 9.66 Å². The van der Waals surface area contributed by atoms with Gasteiger partial charge in [0.25, 0.3) is 0 Å². The summed E-state index contributed by atoms with van der Waals surface area (Å²) in [6.07, 6.45) is 0.661. The molecule has 6 nitrogen and oxygen atoms in total.